The van der Waals surface area contributed by atoms with Gasteiger partial charge in [-0.25, -0.2) is 0 Å². The van der Waals surface area contributed by atoms with Crippen molar-refractivity contribution < 1.29 is 9.59 Å². The van der Waals surface area contributed by atoms with Gasteiger partial charge in [0.25, 0.3) is 5.91 Å². The zero-order valence-corrected chi connectivity index (χ0v) is 13.4. The second kappa shape index (κ2) is 7.56. The summed E-state index contributed by atoms with van der Waals surface area (Å²) < 4.78 is 0. The zero-order valence-electron chi connectivity index (χ0n) is 13.4. The van der Waals surface area contributed by atoms with Crippen LogP contribution in [0.15, 0.2) is 48.5 Å². The van der Waals surface area contributed by atoms with Gasteiger partial charge in [0.2, 0.25) is 5.91 Å². The van der Waals surface area contributed by atoms with Crippen LogP contribution in [-0.2, 0) is 13.1 Å². The highest BCUT2D eigenvalue weighted by atomic mass is 16.2. The van der Waals surface area contributed by atoms with Gasteiger partial charge in [0.15, 0.2) is 0 Å². The van der Waals surface area contributed by atoms with Crippen LogP contribution in [0.3, 0.4) is 0 Å². The first kappa shape index (κ1) is 16.7. The largest absolute Gasteiger partial charge is 0.366 e. The number of carbonyl (C=O) groups excluding carboxylic acids is 2. The van der Waals surface area contributed by atoms with Crippen molar-refractivity contribution in [3.63, 3.8) is 0 Å². The zero-order chi connectivity index (χ0) is 16.8. The molecule has 0 aliphatic rings. The Bertz CT molecular complexity index is 694. The molecule has 0 radical (unpaired) electrons. The Balaban J connectivity index is 1.97. The molecule has 0 bridgehead atoms. The first-order valence-corrected chi connectivity index (χ1v) is 7.36. The van der Waals surface area contributed by atoms with Crippen LogP contribution < -0.4 is 11.1 Å². The molecule has 2 amide bonds. The van der Waals surface area contributed by atoms with Gasteiger partial charge in [-0.05, 0) is 49.5 Å². The molecule has 3 N–H and O–H groups in total. The van der Waals surface area contributed by atoms with Crippen molar-refractivity contribution in [1.29, 1.82) is 0 Å². The van der Waals surface area contributed by atoms with Crippen molar-refractivity contribution in [2.75, 3.05) is 14.1 Å². The third-order valence-corrected chi connectivity index (χ3v) is 3.37. The molecule has 2 aromatic rings. The second-order valence-corrected chi connectivity index (χ2v) is 5.68. The predicted molar refractivity (Wildman–Crippen MR) is 90.0 cm³/mol. The number of rotatable bonds is 6. The summed E-state index contributed by atoms with van der Waals surface area (Å²) in [5.74, 6) is -0.686. The number of nitrogens with zero attached hydrogens (tertiary/aromatic N) is 1. The van der Waals surface area contributed by atoms with Crippen LogP contribution in [-0.4, -0.2) is 30.8 Å². The van der Waals surface area contributed by atoms with E-state index in [4.69, 9.17) is 5.73 Å². The number of carbonyl (C=O) groups is 2. The molecule has 0 unspecified atom stereocenters. The van der Waals surface area contributed by atoms with E-state index in [0.717, 1.165) is 12.1 Å². The maximum atomic E-state index is 12.1. The number of hydrogen-bond donors (Lipinski definition) is 2. The highest BCUT2D eigenvalue weighted by Gasteiger charge is 2.07. The van der Waals surface area contributed by atoms with Gasteiger partial charge in [-0.1, -0.05) is 24.3 Å². The third-order valence-electron chi connectivity index (χ3n) is 3.37. The molecule has 5 nitrogen and oxygen atoms in total. The van der Waals surface area contributed by atoms with Crippen molar-refractivity contribution in [3.8, 4) is 0 Å². The summed E-state index contributed by atoms with van der Waals surface area (Å²) in [5.41, 5.74) is 8.32. The molecular weight excluding hydrogens is 290 g/mol. The van der Waals surface area contributed by atoms with Gasteiger partial charge < -0.3 is 16.0 Å². The van der Waals surface area contributed by atoms with Crippen molar-refractivity contribution in [3.05, 3.63) is 70.8 Å². The molecule has 23 heavy (non-hydrogen) atoms. The number of benzene rings is 2. The van der Waals surface area contributed by atoms with Gasteiger partial charge >= 0.3 is 0 Å². The first-order valence-electron chi connectivity index (χ1n) is 7.36. The summed E-state index contributed by atoms with van der Waals surface area (Å²) in [5, 5.41) is 2.88. The van der Waals surface area contributed by atoms with E-state index in [0.29, 0.717) is 17.7 Å². The first-order chi connectivity index (χ1) is 11.0. The molecule has 0 fully saturated rings. The van der Waals surface area contributed by atoms with Gasteiger partial charge in [-0.2, -0.15) is 0 Å². The van der Waals surface area contributed by atoms with Crippen molar-refractivity contribution in [2.45, 2.75) is 13.1 Å². The molecule has 5 heteroatoms. The lowest BCUT2D eigenvalue weighted by atomic mass is 10.1. The summed E-state index contributed by atoms with van der Waals surface area (Å²) in [4.78, 5) is 25.2. The lowest BCUT2D eigenvalue weighted by molar-refractivity contribution is 0.0948. The van der Waals surface area contributed by atoms with Crippen LogP contribution in [0.4, 0.5) is 0 Å². The molecule has 120 valence electrons. The Morgan fingerprint density at radius 2 is 1.61 bits per heavy atom. The van der Waals surface area contributed by atoms with E-state index in [-0.39, 0.29) is 5.91 Å². The highest BCUT2D eigenvalue weighted by molar-refractivity contribution is 5.97. The number of nitrogens with two attached hydrogens (primary N) is 1. The fourth-order valence-corrected chi connectivity index (χ4v) is 2.27. The summed E-state index contributed by atoms with van der Waals surface area (Å²) in [6.45, 7) is 1.31. The smallest absolute Gasteiger partial charge is 0.251 e. The van der Waals surface area contributed by atoms with E-state index in [1.54, 1.807) is 24.3 Å². The molecule has 0 saturated heterocycles. The fourth-order valence-electron chi connectivity index (χ4n) is 2.27. The predicted octanol–water partition coefficient (Wildman–Crippen LogP) is 1.78. The lowest BCUT2D eigenvalue weighted by Crippen LogP contribution is -2.23. The average Bonchev–Trinajstić information content (AvgIpc) is 2.52. The molecule has 0 aliphatic carbocycles. The highest BCUT2D eigenvalue weighted by Crippen LogP contribution is 2.08. The normalized spacial score (nSPS) is 10.6. The third kappa shape index (κ3) is 4.93. The molecule has 0 saturated carbocycles. The molecule has 0 aromatic heterocycles. The minimum Gasteiger partial charge on any atom is -0.366 e. The van der Waals surface area contributed by atoms with E-state index in [1.165, 1.54) is 5.56 Å². The van der Waals surface area contributed by atoms with Gasteiger partial charge in [0.1, 0.15) is 0 Å². The van der Waals surface area contributed by atoms with Gasteiger partial charge in [-0.3, -0.25) is 9.59 Å². The van der Waals surface area contributed by atoms with E-state index < -0.39 is 5.91 Å². The van der Waals surface area contributed by atoms with Crippen LogP contribution >= 0.6 is 0 Å². The Hall–Kier alpha value is -2.66. The Labute approximate surface area is 136 Å². The number of amides is 2. The number of nitrogens with one attached hydrogen (secondary N) is 1. The van der Waals surface area contributed by atoms with Crippen LogP contribution in [0.25, 0.3) is 0 Å². The molecule has 0 aliphatic heterocycles. The number of hydrogen-bond acceptors (Lipinski definition) is 3. The average molecular weight is 311 g/mol. The summed E-state index contributed by atoms with van der Waals surface area (Å²) in [6, 6.07) is 14.4. The topological polar surface area (TPSA) is 75.4 Å². The van der Waals surface area contributed by atoms with E-state index in [2.05, 4.69) is 22.3 Å². The van der Waals surface area contributed by atoms with Crippen molar-refractivity contribution in [1.82, 2.24) is 10.2 Å². The van der Waals surface area contributed by atoms with Gasteiger partial charge in [0, 0.05) is 24.2 Å². The molecule has 0 heterocycles. The molecular formula is C18H21N3O2. The standard InChI is InChI=1S/C18H21N3O2/c1-21(2)12-14-5-3-4-13(10-14)11-20-18(23)16-8-6-15(7-9-16)17(19)22/h3-10H,11-12H2,1-2H3,(H2,19,22)(H,20,23). The monoisotopic (exact) mass is 311 g/mol. The van der Waals surface area contributed by atoms with Crippen LogP contribution in [0, 0.1) is 0 Å². The second-order valence-electron chi connectivity index (χ2n) is 5.68. The maximum absolute atomic E-state index is 12.1. The SMILES string of the molecule is CN(C)Cc1cccc(CNC(=O)c2ccc(C(N)=O)cc2)c1. The molecule has 0 atom stereocenters. The summed E-state index contributed by atoms with van der Waals surface area (Å²) >= 11 is 0. The van der Waals surface area contributed by atoms with Crippen LogP contribution in [0.1, 0.15) is 31.8 Å². The minimum atomic E-state index is -0.505. The lowest BCUT2D eigenvalue weighted by Gasteiger charge is -2.11. The van der Waals surface area contributed by atoms with Crippen molar-refractivity contribution >= 4 is 11.8 Å². The summed E-state index contributed by atoms with van der Waals surface area (Å²) in [6.07, 6.45) is 0. The molecule has 2 rings (SSSR count). The van der Waals surface area contributed by atoms with E-state index in [9.17, 15) is 9.59 Å². The fraction of sp³-hybridized carbons (Fsp3) is 0.222. The van der Waals surface area contributed by atoms with Gasteiger partial charge in [0.05, 0.1) is 0 Å². The quantitative estimate of drug-likeness (QED) is 0.854. The Morgan fingerprint density at radius 3 is 2.22 bits per heavy atom. The Kier molecular flexibility index (Phi) is 5.49. The minimum absolute atomic E-state index is 0.181. The van der Waals surface area contributed by atoms with Gasteiger partial charge in [-0.15, -0.1) is 0 Å². The van der Waals surface area contributed by atoms with E-state index in [1.807, 2.05) is 26.2 Å². The molecule has 2 aromatic carbocycles. The Morgan fingerprint density at radius 1 is 1.00 bits per heavy atom. The van der Waals surface area contributed by atoms with Crippen molar-refractivity contribution in [2.24, 2.45) is 5.73 Å². The van der Waals surface area contributed by atoms with Crippen LogP contribution in [0.2, 0.25) is 0 Å². The summed E-state index contributed by atoms with van der Waals surface area (Å²) in [7, 11) is 4.04. The molecule has 0 spiro atoms. The maximum Gasteiger partial charge on any atom is 0.251 e. The van der Waals surface area contributed by atoms with Crippen LogP contribution in [0.5, 0.6) is 0 Å². The van der Waals surface area contributed by atoms with E-state index >= 15 is 0 Å². The number of primary amides is 1.